The molecule has 1 aromatic heterocycles. The summed E-state index contributed by atoms with van der Waals surface area (Å²) in [5.41, 5.74) is 3.27. The second kappa shape index (κ2) is 12.9. The highest BCUT2D eigenvalue weighted by atomic mass is 32.2. The third kappa shape index (κ3) is 7.58. The van der Waals surface area contributed by atoms with E-state index in [1.807, 2.05) is 44.2 Å². The molecule has 4 atom stereocenters. The first kappa shape index (κ1) is 29.2. The second-order valence-electron chi connectivity index (χ2n) is 9.88. The SMILES string of the molecule is CC[C@H](C)CN(C[C@@H](O)[C@H](Cc1ccccc1)NC(=O)[C@@H](O)C(C)C)S(=O)(=O)c1ccc2ncsc2c1. The van der Waals surface area contributed by atoms with Crippen LogP contribution in [0.15, 0.2) is 58.9 Å². The van der Waals surface area contributed by atoms with Gasteiger partial charge in [-0.2, -0.15) is 4.31 Å². The molecule has 37 heavy (non-hydrogen) atoms. The van der Waals surface area contributed by atoms with Crippen molar-refractivity contribution in [2.45, 2.75) is 63.7 Å². The number of carbonyl (C=O) groups excluding carboxylic acids is 1. The van der Waals surface area contributed by atoms with Gasteiger partial charge in [0.15, 0.2) is 0 Å². The van der Waals surface area contributed by atoms with E-state index in [2.05, 4.69) is 10.3 Å². The summed E-state index contributed by atoms with van der Waals surface area (Å²) in [5, 5.41) is 24.4. The van der Waals surface area contributed by atoms with Crippen molar-refractivity contribution in [1.29, 1.82) is 0 Å². The van der Waals surface area contributed by atoms with E-state index in [4.69, 9.17) is 0 Å². The van der Waals surface area contributed by atoms with Crippen LogP contribution in [0.25, 0.3) is 10.2 Å². The maximum atomic E-state index is 13.8. The largest absolute Gasteiger partial charge is 0.390 e. The Balaban J connectivity index is 1.90. The molecule has 0 aliphatic heterocycles. The van der Waals surface area contributed by atoms with Gasteiger partial charge in [0, 0.05) is 13.1 Å². The molecule has 202 valence electrons. The molecule has 0 spiro atoms. The molecular formula is C27H37N3O5S2. The van der Waals surface area contributed by atoms with Gasteiger partial charge in [-0.05, 0) is 42.0 Å². The Bertz CT molecular complexity index is 1260. The van der Waals surface area contributed by atoms with Crippen LogP contribution in [-0.2, 0) is 21.2 Å². The lowest BCUT2D eigenvalue weighted by molar-refractivity contribution is -0.133. The minimum Gasteiger partial charge on any atom is -0.390 e. The van der Waals surface area contributed by atoms with E-state index in [1.54, 1.807) is 31.5 Å². The molecule has 1 heterocycles. The molecule has 3 aromatic rings. The first-order chi connectivity index (χ1) is 17.5. The van der Waals surface area contributed by atoms with Crippen LogP contribution in [0.3, 0.4) is 0 Å². The Morgan fingerprint density at radius 2 is 1.78 bits per heavy atom. The van der Waals surface area contributed by atoms with Crippen molar-refractivity contribution in [3.8, 4) is 0 Å². The maximum Gasteiger partial charge on any atom is 0.249 e. The van der Waals surface area contributed by atoms with Crippen molar-refractivity contribution in [2.24, 2.45) is 11.8 Å². The van der Waals surface area contributed by atoms with Gasteiger partial charge in [0.25, 0.3) is 0 Å². The number of aliphatic hydroxyl groups excluding tert-OH is 2. The van der Waals surface area contributed by atoms with Crippen molar-refractivity contribution >= 4 is 37.5 Å². The molecule has 3 rings (SSSR count). The molecular weight excluding hydrogens is 510 g/mol. The van der Waals surface area contributed by atoms with Gasteiger partial charge in [-0.15, -0.1) is 11.3 Å². The van der Waals surface area contributed by atoms with Crippen LogP contribution in [0.5, 0.6) is 0 Å². The smallest absolute Gasteiger partial charge is 0.249 e. The van der Waals surface area contributed by atoms with Crippen LogP contribution in [0.2, 0.25) is 0 Å². The number of nitrogens with zero attached hydrogens (tertiary/aromatic N) is 2. The van der Waals surface area contributed by atoms with Crippen LogP contribution in [0.4, 0.5) is 0 Å². The second-order valence-corrected chi connectivity index (χ2v) is 12.7. The lowest BCUT2D eigenvalue weighted by Gasteiger charge is -2.31. The molecule has 0 saturated heterocycles. The monoisotopic (exact) mass is 547 g/mol. The van der Waals surface area contributed by atoms with E-state index < -0.39 is 34.2 Å². The molecule has 8 nitrogen and oxygen atoms in total. The summed E-state index contributed by atoms with van der Waals surface area (Å²) >= 11 is 1.36. The summed E-state index contributed by atoms with van der Waals surface area (Å²) in [6, 6.07) is 13.4. The Morgan fingerprint density at radius 3 is 2.43 bits per heavy atom. The number of nitrogens with one attached hydrogen (secondary N) is 1. The van der Waals surface area contributed by atoms with Crippen molar-refractivity contribution in [3.63, 3.8) is 0 Å². The first-order valence-corrected chi connectivity index (χ1v) is 14.9. The van der Waals surface area contributed by atoms with Gasteiger partial charge >= 0.3 is 0 Å². The molecule has 10 heteroatoms. The molecule has 0 aliphatic carbocycles. The van der Waals surface area contributed by atoms with E-state index in [9.17, 15) is 23.4 Å². The maximum absolute atomic E-state index is 13.8. The normalized spacial score (nSPS) is 15.6. The number of aromatic nitrogens is 1. The van der Waals surface area contributed by atoms with Gasteiger partial charge in [-0.3, -0.25) is 4.79 Å². The van der Waals surface area contributed by atoms with Gasteiger partial charge in [0.05, 0.1) is 32.8 Å². The number of thiazole rings is 1. The minimum absolute atomic E-state index is 0.0547. The summed E-state index contributed by atoms with van der Waals surface area (Å²) in [6.45, 7) is 7.42. The zero-order valence-electron chi connectivity index (χ0n) is 21.7. The highest BCUT2D eigenvalue weighted by molar-refractivity contribution is 7.89. The summed E-state index contributed by atoms with van der Waals surface area (Å²) in [5.74, 6) is -0.848. The highest BCUT2D eigenvalue weighted by Gasteiger charge is 2.33. The number of fused-ring (bicyclic) bond motifs is 1. The van der Waals surface area contributed by atoms with E-state index in [0.717, 1.165) is 22.2 Å². The first-order valence-electron chi connectivity index (χ1n) is 12.6. The third-order valence-electron chi connectivity index (χ3n) is 6.53. The highest BCUT2D eigenvalue weighted by Crippen LogP contribution is 2.25. The number of rotatable bonds is 13. The number of amides is 1. The van der Waals surface area contributed by atoms with E-state index in [-0.39, 0.29) is 36.2 Å². The van der Waals surface area contributed by atoms with Crippen LogP contribution in [-0.4, -0.2) is 65.2 Å². The van der Waals surface area contributed by atoms with E-state index in [0.29, 0.717) is 0 Å². The minimum atomic E-state index is -3.95. The van der Waals surface area contributed by atoms with Crippen LogP contribution in [0.1, 0.15) is 39.7 Å². The number of sulfonamides is 1. The van der Waals surface area contributed by atoms with Gasteiger partial charge in [0.1, 0.15) is 6.10 Å². The molecule has 3 N–H and O–H groups in total. The van der Waals surface area contributed by atoms with E-state index >= 15 is 0 Å². The van der Waals surface area contributed by atoms with Gasteiger partial charge in [-0.1, -0.05) is 64.4 Å². The molecule has 1 amide bonds. The summed E-state index contributed by atoms with van der Waals surface area (Å²) in [7, 11) is -3.95. The van der Waals surface area contributed by atoms with Crippen molar-refractivity contribution in [3.05, 3.63) is 59.6 Å². The summed E-state index contributed by atoms with van der Waals surface area (Å²) in [4.78, 5) is 17.1. The Kier molecular flexibility index (Phi) is 10.2. The number of benzene rings is 2. The molecule has 0 saturated carbocycles. The average Bonchev–Trinajstić information content (AvgIpc) is 3.35. The van der Waals surface area contributed by atoms with Crippen LogP contribution in [0, 0.1) is 11.8 Å². The lowest BCUT2D eigenvalue weighted by Crippen LogP contribution is -2.53. The number of carbonyl (C=O) groups is 1. The predicted molar refractivity (Wildman–Crippen MR) is 147 cm³/mol. The van der Waals surface area contributed by atoms with Gasteiger partial charge < -0.3 is 15.5 Å². The van der Waals surface area contributed by atoms with Crippen LogP contribution >= 0.6 is 11.3 Å². The Hall–Kier alpha value is -2.37. The van der Waals surface area contributed by atoms with Gasteiger partial charge in [0.2, 0.25) is 15.9 Å². The quantitative estimate of drug-likeness (QED) is 0.302. The number of hydrogen-bond donors (Lipinski definition) is 3. The standard InChI is InChI=1S/C27H37N3O5S2/c1-5-19(4)15-30(37(34,35)21-11-12-22-25(14-21)36-17-28-22)16-24(31)23(13-20-9-7-6-8-10-20)29-27(33)26(32)18(2)3/h6-12,14,17-19,23-24,26,31-32H,5,13,15-16H2,1-4H3,(H,29,33)/t19-,23-,24+,26-/m0/s1. The molecule has 2 aromatic carbocycles. The number of hydrogen-bond acceptors (Lipinski definition) is 7. The Labute approximate surface area is 223 Å². The van der Waals surface area contributed by atoms with Crippen LogP contribution < -0.4 is 5.32 Å². The van der Waals surface area contributed by atoms with E-state index in [1.165, 1.54) is 21.7 Å². The lowest BCUT2D eigenvalue weighted by atomic mass is 9.99. The molecule has 0 bridgehead atoms. The summed E-state index contributed by atoms with van der Waals surface area (Å²) < 4.78 is 29.6. The molecule has 0 fully saturated rings. The Morgan fingerprint density at radius 1 is 1.08 bits per heavy atom. The number of aliphatic hydroxyl groups is 2. The fourth-order valence-corrected chi connectivity index (χ4v) is 6.35. The molecule has 0 unspecified atom stereocenters. The third-order valence-corrected chi connectivity index (χ3v) is 9.15. The average molecular weight is 548 g/mol. The molecule has 0 aliphatic rings. The van der Waals surface area contributed by atoms with Gasteiger partial charge in [-0.25, -0.2) is 13.4 Å². The topological polar surface area (TPSA) is 120 Å². The predicted octanol–water partition coefficient (Wildman–Crippen LogP) is 3.44. The fourth-order valence-electron chi connectivity index (χ4n) is 3.95. The van der Waals surface area contributed by atoms with Crippen molar-refractivity contribution in [1.82, 2.24) is 14.6 Å². The zero-order chi connectivity index (χ0) is 27.2. The molecule has 0 radical (unpaired) electrons. The van der Waals surface area contributed by atoms with Crippen molar-refractivity contribution in [2.75, 3.05) is 13.1 Å². The zero-order valence-corrected chi connectivity index (χ0v) is 23.4. The summed E-state index contributed by atoms with van der Waals surface area (Å²) in [6.07, 6.45) is -1.41. The fraction of sp³-hybridized carbons (Fsp3) is 0.481. The van der Waals surface area contributed by atoms with Crippen molar-refractivity contribution < 1.29 is 23.4 Å².